The summed E-state index contributed by atoms with van der Waals surface area (Å²) in [4.78, 5) is 0. The standard InChI is InChI=1S/C13H21NO3S/c1-9(2)10-6-11(14-18(3,15)16)8-13(7-10)17-12-4-5-12/h7-10,12,14H,4-6H2,1-3H3. The smallest absolute Gasteiger partial charge is 0.229 e. The van der Waals surface area contributed by atoms with Gasteiger partial charge in [0.15, 0.2) is 0 Å². The topological polar surface area (TPSA) is 55.4 Å². The van der Waals surface area contributed by atoms with E-state index in [9.17, 15) is 8.42 Å². The second-order valence-corrected chi connectivity index (χ2v) is 7.29. The molecule has 1 atom stereocenters. The van der Waals surface area contributed by atoms with Crippen LogP contribution in [0.5, 0.6) is 0 Å². The summed E-state index contributed by atoms with van der Waals surface area (Å²) in [6.07, 6.45) is 8.38. The molecule has 0 bridgehead atoms. The highest BCUT2D eigenvalue weighted by atomic mass is 32.2. The first-order valence-corrected chi connectivity index (χ1v) is 8.29. The molecule has 1 unspecified atom stereocenters. The third-order valence-corrected chi connectivity index (χ3v) is 3.78. The van der Waals surface area contributed by atoms with Crippen LogP contribution in [-0.2, 0) is 14.8 Å². The van der Waals surface area contributed by atoms with Crippen molar-refractivity contribution in [2.24, 2.45) is 11.8 Å². The number of rotatable bonds is 5. The number of allylic oxidation sites excluding steroid dienone is 3. The molecule has 4 nitrogen and oxygen atoms in total. The Morgan fingerprint density at radius 3 is 2.56 bits per heavy atom. The van der Waals surface area contributed by atoms with Crippen LogP contribution in [0.3, 0.4) is 0 Å². The molecule has 18 heavy (non-hydrogen) atoms. The minimum atomic E-state index is -3.21. The Hall–Kier alpha value is -0.970. The molecule has 2 aliphatic carbocycles. The molecule has 0 saturated heterocycles. The maximum atomic E-state index is 11.3. The van der Waals surface area contributed by atoms with Crippen molar-refractivity contribution in [2.75, 3.05) is 6.26 Å². The van der Waals surface area contributed by atoms with Gasteiger partial charge in [0.1, 0.15) is 5.76 Å². The zero-order valence-corrected chi connectivity index (χ0v) is 12.0. The monoisotopic (exact) mass is 271 g/mol. The molecular formula is C13H21NO3S. The molecular weight excluding hydrogens is 250 g/mol. The first-order valence-electron chi connectivity index (χ1n) is 6.40. The molecule has 0 aromatic carbocycles. The molecule has 5 heteroatoms. The lowest BCUT2D eigenvalue weighted by atomic mass is 9.88. The Kier molecular flexibility index (Phi) is 3.71. The molecule has 102 valence electrons. The predicted octanol–water partition coefficient (Wildman–Crippen LogP) is 2.16. The molecule has 1 fully saturated rings. The lowest BCUT2D eigenvalue weighted by Crippen LogP contribution is -2.26. The van der Waals surface area contributed by atoms with E-state index >= 15 is 0 Å². The maximum absolute atomic E-state index is 11.3. The van der Waals surface area contributed by atoms with Gasteiger partial charge in [-0.1, -0.05) is 13.8 Å². The normalized spacial score (nSPS) is 24.6. The average molecular weight is 271 g/mol. The van der Waals surface area contributed by atoms with Crippen molar-refractivity contribution in [3.05, 3.63) is 23.6 Å². The summed E-state index contributed by atoms with van der Waals surface area (Å²) >= 11 is 0. The summed E-state index contributed by atoms with van der Waals surface area (Å²) in [5.41, 5.74) is 0.731. The molecule has 0 spiro atoms. The van der Waals surface area contributed by atoms with Crippen molar-refractivity contribution < 1.29 is 13.2 Å². The van der Waals surface area contributed by atoms with Crippen molar-refractivity contribution >= 4 is 10.0 Å². The molecule has 0 aromatic rings. The van der Waals surface area contributed by atoms with E-state index < -0.39 is 10.0 Å². The predicted molar refractivity (Wildman–Crippen MR) is 71.2 cm³/mol. The SMILES string of the molecule is CC(C)C1C=C(OC2CC2)C=C(NS(C)(=O)=O)C1. The Balaban J connectivity index is 2.13. The Morgan fingerprint density at radius 2 is 2.06 bits per heavy atom. The number of hydrogen-bond donors (Lipinski definition) is 1. The fourth-order valence-corrected chi connectivity index (χ4v) is 2.61. The van der Waals surface area contributed by atoms with Gasteiger partial charge in [0.05, 0.1) is 12.4 Å². The van der Waals surface area contributed by atoms with Crippen molar-refractivity contribution in [1.82, 2.24) is 4.72 Å². The summed E-state index contributed by atoms with van der Waals surface area (Å²) in [6.45, 7) is 4.28. The molecule has 1 saturated carbocycles. The van der Waals surface area contributed by atoms with Crippen LogP contribution in [0.15, 0.2) is 23.6 Å². The zero-order valence-electron chi connectivity index (χ0n) is 11.1. The summed E-state index contributed by atoms with van der Waals surface area (Å²) in [5.74, 6) is 1.61. The van der Waals surface area contributed by atoms with E-state index in [0.29, 0.717) is 17.9 Å². The van der Waals surface area contributed by atoms with E-state index in [1.807, 2.05) is 6.08 Å². The summed E-state index contributed by atoms with van der Waals surface area (Å²) in [5, 5.41) is 0. The summed E-state index contributed by atoms with van der Waals surface area (Å²) in [7, 11) is -3.21. The largest absolute Gasteiger partial charge is 0.491 e. The first kappa shape index (κ1) is 13.5. The van der Waals surface area contributed by atoms with Gasteiger partial charge in [-0.15, -0.1) is 0 Å². The van der Waals surface area contributed by atoms with Crippen LogP contribution in [0.1, 0.15) is 33.1 Å². The van der Waals surface area contributed by atoms with Gasteiger partial charge < -0.3 is 4.74 Å². The molecule has 0 heterocycles. The molecule has 0 aliphatic heterocycles. The quantitative estimate of drug-likeness (QED) is 0.833. The molecule has 2 rings (SSSR count). The average Bonchev–Trinajstić information content (AvgIpc) is 2.98. The van der Waals surface area contributed by atoms with Gasteiger partial charge in [0.25, 0.3) is 0 Å². The molecule has 0 amide bonds. The van der Waals surface area contributed by atoms with E-state index in [4.69, 9.17) is 4.74 Å². The van der Waals surface area contributed by atoms with Crippen LogP contribution in [0, 0.1) is 11.8 Å². The second kappa shape index (κ2) is 4.96. The number of nitrogens with one attached hydrogen (secondary N) is 1. The van der Waals surface area contributed by atoms with Crippen LogP contribution in [0.4, 0.5) is 0 Å². The van der Waals surface area contributed by atoms with Crippen molar-refractivity contribution in [2.45, 2.75) is 39.2 Å². The van der Waals surface area contributed by atoms with Crippen LogP contribution in [-0.4, -0.2) is 20.8 Å². The fraction of sp³-hybridized carbons (Fsp3) is 0.692. The van der Waals surface area contributed by atoms with Gasteiger partial charge in [-0.05, 0) is 43.3 Å². The van der Waals surface area contributed by atoms with Crippen molar-refractivity contribution in [1.29, 1.82) is 0 Å². The molecule has 0 aromatic heterocycles. The van der Waals surface area contributed by atoms with Gasteiger partial charge in [-0.3, -0.25) is 4.72 Å². The Bertz CT molecular complexity index is 472. The Labute approximate surface area is 109 Å². The van der Waals surface area contributed by atoms with Crippen LogP contribution < -0.4 is 4.72 Å². The zero-order chi connectivity index (χ0) is 13.3. The first-order chi connectivity index (χ1) is 8.33. The lowest BCUT2D eigenvalue weighted by molar-refractivity contribution is 0.201. The van der Waals surface area contributed by atoms with E-state index in [1.165, 1.54) is 6.26 Å². The van der Waals surface area contributed by atoms with Gasteiger partial charge >= 0.3 is 0 Å². The fourth-order valence-electron chi connectivity index (χ4n) is 1.99. The second-order valence-electron chi connectivity index (χ2n) is 5.54. The third kappa shape index (κ3) is 4.05. The number of sulfonamides is 1. The highest BCUT2D eigenvalue weighted by Crippen LogP contribution is 2.32. The third-order valence-electron chi connectivity index (χ3n) is 3.15. The number of ether oxygens (including phenoxy) is 1. The highest BCUT2D eigenvalue weighted by Gasteiger charge is 2.27. The highest BCUT2D eigenvalue weighted by molar-refractivity contribution is 7.88. The summed E-state index contributed by atoms with van der Waals surface area (Å²) < 4.78 is 31.0. The molecule has 2 aliphatic rings. The van der Waals surface area contributed by atoms with E-state index in [2.05, 4.69) is 24.6 Å². The van der Waals surface area contributed by atoms with Gasteiger partial charge in [0.2, 0.25) is 10.0 Å². The molecule has 0 radical (unpaired) electrons. The van der Waals surface area contributed by atoms with Gasteiger partial charge in [0, 0.05) is 5.70 Å². The minimum Gasteiger partial charge on any atom is -0.491 e. The van der Waals surface area contributed by atoms with E-state index in [0.717, 1.165) is 30.7 Å². The van der Waals surface area contributed by atoms with Crippen molar-refractivity contribution in [3.63, 3.8) is 0 Å². The van der Waals surface area contributed by atoms with Gasteiger partial charge in [-0.2, -0.15) is 0 Å². The van der Waals surface area contributed by atoms with Crippen molar-refractivity contribution in [3.8, 4) is 0 Å². The maximum Gasteiger partial charge on any atom is 0.229 e. The molecule has 1 N–H and O–H groups in total. The van der Waals surface area contributed by atoms with E-state index in [1.54, 1.807) is 0 Å². The lowest BCUT2D eigenvalue weighted by Gasteiger charge is -2.25. The minimum absolute atomic E-state index is 0.327. The Morgan fingerprint density at radius 1 is 1.39 bits per heavy atom. The van der Waals surface area contributed by atoms with Crippen LogP contribution in [0.25, 0.3) is 0 Å². The van der Waals surface area contributed by atoms with Gasteiger partial charge in [-0.25, -0.2) is 8.42 Å². The van der Waals surface area contributed by atoms with Crippen LogP contribution in [0.2, 0.25) is 0 Å². The summed E-state index contributed by atoms with van der Waals surface area (Å²) in [6, 6.07) is 0. The van der Waals surface area contributed by atoms with Crippen LogP contribution >= 0.6 is 0 Å². The van der Waals surface area contributed by atoms with E-state index in [-0.39, 0.29) is 0 Å². The number of hydrogen-bond acceptors (Lipinski definition) is 3.